The summed E-state index contributed by atoms with van der Waals surface area (Å²) in [6.45, 7) is 4.92. The lowest BCUT2D eigenvalue weighted by Gasteiger charge is -2.27. The molecule has 0 aliphatic carbocycles. The molecule has 0 saturated carbocycles. The molecule has 1 aromatic carbocycles. The molecule has 1 aromatic heterocycles. The molecule has 2 unspecified atom stereocenters. The Kier molecular flexibility index (Phi) is 4.28. The maximum absolute atomic E-state index is 13.4. The van der Waals surface area contributed by atoms with Crippen LogP contribution in [0.5, 0.6) is 0 Å². The van der Waals surface area contributed by atoms with E-state index < -0.39 is 17.4 Å². The number of nitrogens with zero attached hydrogens (tertiary/aromatic N) is 4. The summed E-state index contributed by atoms with van der Waals surface area (Å²) in [4.78, 5) is 30.0. The van der Waals surface area contributed by atoms with E-state index >= 15 is 0 Å². The third-order valence-corrected chi connectivity index (χ3v) is 6.24. The number of aryl methyl sites for hydroxylation is 2. The van der Waals surface area contributed by atoms with Gasteiger partial charge in [-0.1, -0.05) is 42.0 Å². The van der Waals surface area contributed by atoms with Gasteiger partial charge in [-0.3, -0.25) is 9.59 Å². The number of rotatable bonds is 5. The highest BCUT2D eigenvalue weighted by molar-refractivity contribution is 5.93. The first-order valence-electron chi connectivity index (χ1n) is 10.1. The SMILES string of the molecule is Cc1cccc(CN2C[C@@]34C=C[C@@H](O3)C(C(=O)N(C)Cc3nnc(C)o3)C4C2=O)c1. The molecule has 2 fully saturated rings. The number of benzene rings is 1. The molecule has 2 bridgehead atoms. The van der Waals surface area contributed by atoms with Gasteiger partial charge in [-0.25, -0.2) is 0 Å². The molecule has 156 valence electrons. The summed E-state index contributed by atoms with van der Waals surface area (Å²) in [5.41, 5.74) is 1.51. The number of amides is 2. The first-order valence-corrected chi connectivity index (χ1v) is 10.1. The minimum absolute atomic E-state index is 0.0243. The van der Waals surface area contributed by atoms with Gasteiger partial charge < -0.3 is 19.0 Å². The Morgan fingerprint density at radius 2 is 2.17 bits per heavy atom. The van der Waals surface area contributed by atoms with Crippen LogP contribution in [0, 0.1) is 25.7 Å². The van der Waals surface area contributed by atoms with Crippen molar-refractivity contribution >= 4 is 11.8 Å². The third-order valence-electron chi connectivity index (χ3n) is 6.24. The van der Waals surface area contributed by atoms with Gasteiger partial charge >= 0.3 is 0 Å². The van der Waals surface area contributed by atoms with Crippen LogP contribution in [0.3, 0.4) is 0 Å². The zero-order valence-electron chi connectivity index (χ0n) is 17.2. The first-order chi connectivity index (χ1) is 14.4. The number of fused-ring (bicyclic) bond motifs is 1. The van der Waals surface area contributed by atoms with Gasteiger partial charge in [-0.2, -0.15) is 0 Å². The van der Waals surface area contributed by atoms with Crippen molar-refractivity contribution in [3.05, 3.63) is 59.3 Å². The van der Waals surface area contributed by atoms with E-state index in [0.717, 1.165) is 11.1 Å². The minimum atomic E-state index is -0.714. The fourth-order valence-electron chi connectivity index (χ4n) is 4.96. The highest BCUT2D eigenvalue weighted by atomic mass is 16.5. The average Bonchev–Trinajstić information content (AvgIpc) is 3.44. The van der Waals surface area contributed by atoms with Crippen molar-refractivity contribution in [2.75, 3.05) is 13.6 Å². The van der Waals surface area contributed by atoms with Crippen molar-refractivity contribution in [2.24, 2.45) is 11.8 Å². The molecule has 0 N–H and O–H groups in total. The van der Waals surface area contributed by atoms with Crippen LogP contribution < -0.4 is 0 Å². The summed E-state index contributed by atoms with van der Waals surface area (Å²) in [5, 5.41) is 7.76. The highest BCUT2D eigenvalue weighted by Crippen LogP contribution is 2.52. The minimum Gasteiger partial charge on any atom is -0.424 e. The van der Waals surface area contributed by atoms with Crippen molar-refractivity contribution in [1.29, 1.82) is 0 Å². The van der Waals surface area contributed by atoms with Crippen LogP contribution >= 0.6 is 0 Å². The fourth-order valence-corrected chi connectivity index (χ4v) is 4.96. The molecule has 4 atom stereocenters. The predicted octanol–water partition coefficient (Wildman–Crippen LogP) is 1.63. The van der Waals surface area contributed by atoms with E-state index in [1.54, 1.807) is 18.9 Å². The molecule has 2 aromatic rings. The Hall–Kier alpha value is -3.00. The number of likely N-dealkylation sites (tertiary alicyclic amines) is 1. The van der Waals surface area contributed by atoms with Gasteiger partial charge in [0.25, 0.3) is 0 Å². The molecule has 0 radical (unpaired) electrons. The second-order valence-corrected chi connectivity index (χ2v) is 8.49. The summed E-state index contributed by atoms with van der Waals surface area (Å²) >= 11 is 0. The summed E-state index contributed by atoms with van der Waals surface area (Å²) in [6.07, 6.45) is 3.52. The number of carbonyl (C=O) groups is 2. The van der Waals surface area contributed by atoms with Crippen LogP contribution in [-0.4, -0.2) is 57.1 Å². The zero-order chi connectivity index (χ0) is 21.0. The monoisotopic (exact) mass is 408 g/mol. The lowest BCUT2D eigenvalue weighted by Crippen LogP contribution is -2.44. The molecule has 3 aliphatic rings. The van der Waals surface area contributed by atoms with Crippen LogP contribution in [0.2, 0.25) is 0 Å². The third kappa shape index (κ3) is 2.94. The molecular formula is C22H24N4O4. The van der Waals surface area contributed by atoms with Gasteiger partial charge in [0.15, 0.2) is 0 Å². The van der Waals surface area contributed by atoms with E-state index in [-0.39, 0.29) is 24.5 Å². The molecular weight excluding hydrogens is 384 g/mol. The van der Waals surface area contributed by atoms with E-state index in [1.165, 1.54) is 0 Å². The number of carbonyl (C=O) groups excluding carboxylic acids is 2. The van der Waals surface area contributed by atoms with Crippen molar-refractivity contribution in [1.82, 2.24) is 20.0 Å². The molecule has 2 amide bonds. The van der Waals surface area contributed by atoms with E-state index in [0.29, 0.717) is 24.9 Å². The summed E-state index contributed by atoms with van der Waals surface area (Å²) in [6, 6.07) is 8.12. The van der Waals surface area contributed by atoms with Crippen molar-refractivity contribution in [3.8, 4) is 0 Å². The van der Waals surface area contributed by atoms with Gasteiger partial charge in [-0.15, -0.1) is 10.2 Å². The van der Waals surface area contributed by atoms with Crippen LogP contribution in [0.25, 0.3) is 0 Å². The topological polar surface area (TPSA) is 88.8 Å². The van der Waals surface area contributed by atoms with Crippen molar-refractivity contribution < 1.29 is 18.7 Å². The molecule has 4 heterocycles. The number of ether oxygens (including phenoxy) is 1. The normalized spacial score (nSPS) is 29.0. The standard InChI is InChI=1S/C22H24N4O4/c1-13-5-4-6-15(9-13)10-26-12-22-8-7-16(30-22)18(19(22)21(26)28)20(27)25(3)11-17-24-23-14(2)29-17/h4-9,16,18-19H,10-12H2,1-3H3/t16-,18?,19?,22-/m1/s1. The Morgan fingerprint density at radius 3 is 2.90 bits per heavy atom. The maximum atomic E-state index is 13.4. The Balaban J connectivity index is 1.36. The lowest BCUT2D eigenvalue weighted by atomic mass is 9.76. The van der Waals surface area contributed by atoms with E-state index in [2.05, 4.69) is 16.3 Å². The summed E-state index contributed by atoms with van der Waals surface area (Å²) in [7, 11) is 1.69. The van der Waals surface area contributed by atoms with E-state index in [4.69, 9.17) is 9.15 Å². The van der Waals surface area contributed by atoms with Crippen LogP contribution in [0.15, 0.2) is 40.8 Å². The zero-order valence-corrected chi connectivity index (χ0v) is 17.2. The molecule has 1 spiro atoms. The number of hydrogen-bond donors (Lipinski definition) is 0. The first kappa shape index (κ1) is 19.0. The average molecular weight is 408 g/mol. The molecule has 8 heteroatoms. The Bertz CT molecular complexity index is 1050. The fraction of sp³-hybridized carbons (Fsp3) is 0.455. The van der Waals surface area contributed by atoms with Crippen LogP contribution in [0.1, 0.15) is 22.9 Å². The van der Waals surface area contributed by atoms with Crippen LogP contribution in [0.4, 0.5) is 0 Å². The van der Waals surface area contributed by atoms with Gasteiger partial charge in [0, 0.05) is 20.5 Å². The predicted molar refractivity (Wildman–Crippen MR) is 106 cm³/mol. The van der Waals surface area contributed by atoms with E-state index in [9.17, 15) is 9.59 Å². The lowest BCUT2D eigenvalue weighted by molar-refractivity contribution is -0.143. The summed E-state index contributed by atoms with van der Waals surface area (Å²) in [5.74, 6) is -0.387. The second kappa shape index (κ2) is 6.77. The van der Waals surface area contributed by atoms with Crippen LogP contribution in [-0.2, 0) is 27.4 Å². The van der Waals surface area contributed by atoms with Gasteiger partial charge in [0.2, 0.25) is 23.6 Å². The van der Waals surface area contributed by atoms with Gasteiger partial charge in [-0.05, 0) is 12.5 Å². The molecule has 3 aliphatic heterocycles. The molecule has 5 rings (SSSR count). The van der Waals surface area contributed by atoms with Gasteiger partial charge in [0.05, 0.1) is 31.0 Å². The Morgan fingerprint density at radius 1 is 1.33 bits per heavy atom. The highest BCUT2D eigenvalue weighted by Gasteiger charge is 2.67. The molecule has 8 nitrogen and oxygen atoms in total. The van der Waals surface area contributed by atoms with Gasteiger partial charge in [0.1, 0.15) is 5.60 Å². The second-order valence-electron chi connectivity index (χ2n) is 8.49. The van der Waals surface area contributed by atoms with E-state index in [1.807, 2.05) is 42.2 Å². The molecule has 30 heavy (non-hydrogen) atoms. The maximum Gasteiger partial charge on any atom is 0.235 e. The quantitative estimate of drug-likeness (QED) is 0.699. The Labute approximate surface area is 174 Å². The largest absolute Gasteiger partial charge is 0.424 e. The number of hydrogen-bond acceptors (Lipinski definition) is 6. The smallest absolute Gasteiger partial charge is 0.235 e. The number of aromatic nitrogens is 2. The van der Waals surface area contributed by atoms with Crippen molar-refractivity contribution in [2.45, 2.75) is 38.6 Å². The summed E-state index contributed by atoms with van der Waals surface area (Å²) < 4.78 is 11.6. The van der Waals surface area contributed by atoms with Crippen molar-refractivity contribution in [3.63, 3.8) is 0 Å². The molecule has 2 saturated heterocycles.